The summed E-state index contributed by atoms with van der Waals surface area (Å²) in [5.74, 6) is -0.341. The molecule has 1 aromatic carbocycles. The maximum Gasteiger partial charge on any atom is 0.218 e. The summed E-state index contributed by atoms with van der Waals surface area (Å²) >= 11 is 5.72. The molecule has 0 fully saturated rings. The van der Waals surface area contributed by atoms with E-state index in [1.807, 2.05) is 0 Å². The van der Waals surface area contributed by atoms with Crippen molar-refractivity contribution in [1.82, 2.24) is 0 Å². The lowest BCUT2D eigenvalue weighted by Crippen LogP contribution is -1.89. The van der Waals surface area contributed by atoms with Gasteiger partial charge in [-0.15, -0.1) is 0 Å². The highest BCUT2D eigenvalue weighted by atomic mass is 35.5. The minimum absolute atomic E-state index is 0.341. The van der Waals surface area contributed by atoms with Crippen LogP contribution >= 0.6 is 11.6 Å². The second-order valence-electron chi connectivity index (χ2n) is 2.37. The third kappa shape index (κ3) is 2.21. The van der Waals surface area contributed by atoms with E-state index in [2.05, 4.69) is 4.85 Å². The second-order valence-corrected chi connectivity index (χ2v) is 2.77. The molecular weight excluding hydrogens is 177 g/mol. The number of rotatable bonds is 2. The summed E-state index contributed by atoms with van der Waals surface area (Å²) in [6, 6.07) is 4.23. The van der Waals surface area contributed by atoms with Gasteiger partial charge in [-0.05, 0) is 17.7 Å². The van der Waals surface area contributed by atoms with Gasteiger partial charge in [-0.25, -0.2) is 11.0 Å². The Bertz CT molecular complexity index is 317. The van der Waals surface area contributed by atoms with Gasteiger partial charge in [0.05, 0.1) is 0 Å². The highest BCUT2D eigenvalue weighted by molar-refractivity contribution is 6.31. The van der Waals surface area contributed by atoms with Gasteiger partial charge in [0.15, 0.2) is 0 Å². The first kappa shape index (κ1) is 9.02. The van der Waals surface area contributed by atoms with Crippen LogP contribution in [0.2, 0.25) is 5.02 Å². The monoisotopic (exact) mass is 183 g/mol. The fourth-order valence-corrected chi connectivity index (χ4v) is 1.16. The predicted octanol–water partition coefficient (Wildman–Crippen LogP) is 2.94. The van der Waals surface area contributed by atoms with Crippen molar-refractivity contribution >= 4 is 11.6 Å². The molecule has 0 heterocycles. The van der Waals surface area contributed by atoms with E-state index in [-0.39, 0.29) is 5.82 Å². The van der Waals surface area contributed by atoms with Crippen molar-refractivity contribution < 1.29 is 4.39 Å². The smallest absolute Gasteiger partial charge is 0.218 e. The van der Waals surface area contributed by atoms with E-state index in [4.69, 9.17) is 18.2 Å². The molecule has 1 nitrogen and oxygen atoms in total. The Kier molecular flexibility index (Phi) is 3.07. The summed E-state index contributed by atoms with van der Waals surface area (Å²) < 4.78 is 12.5. The van der Waals surface area contributed by atoms with E-state index in [0.29, 0.717) is 18.0 Å². The van der Waals surface area contributed by atoms with E-state index >= 15 is 0 Å². The Hall–Kier alpha value is -1.07. The van der Waals surface area contributed by atoms with Crippen molar-refractivity contribution in [1.29, 1.82) is 0 Å². The molecule has 1 rings (SSSR count). The lowest BCUT2D eigenvalue weighted by molar-refractivity contribution is 0.627. The van der Waals surface area contributed by atoms with Gasteiger partial charge in [-0.3, -0.25) is 0 Å². The zero-order valence-corrected chi connectivity index (χ0v) is 7.11. The molecule has 0 unspecified atom stereocenters. The number of hydrogen-bond acceptors (Lipinski definition) is 0. The third-order valence-corrected chi connectivity index (χ3v) is 1.86. The maximum atomic E-state index is 12.5. The molecular formula is C9H7ClFN. The van der Waals surface area contributed by atoms with Crippen LogP contribution in [0.3, 0.4) is 0 Å². The molecule has 62 valence electrons. The van der Waals surface area contributed by atoms with E-state index in [1.165, 1.54) is 12.1 Å². The first-order chi connectivity index (χ1) is 5.74. The van der Waals surface area contributed by atoms with Gasteiger partial charge in [0.2, 0.25) is 6.54 Å². The number of nitrogens with zero attached hydrogens (tertiary/aromatic N) is 1. The summed E-state index contributed by atoms with van der Waals surface area (Å²) in [5, 5.41) is 0.402. The van der Waals surface area contributed by atoms with Crippen LogP contribution in [-0.4, -0.2) is 6.54 Å². The molecule has 1 aromatic rings. The van der Waals surface area contributed by atoms with Crippen LogP contribution < -0.4 is 0 Å². The van der Waals surface area contributed by atoms with Crippen molar-refractivity contribution in [2.24, 2.45) is 0 Å². The van der Waals surface area contributed by atoms with Crippen LogP contribution in [0.1, 0.15) is 5.56 Å². The Morgan fingerprint density at radius 1 is 1.50 bits per heavy atom. The predicted molar refractivity (Wildman–Crippen MR) is 46.6 cm³/mol. The van der Waals surface area contributed by atoms with Crippen LogP contribution in [-0.2, 0) is 6.42 Å². The van der Waals surface area contributed by atoms with Gasteiger partial charge in [0.1, 0.15) is 5.82 Å². The largest absolute Gasteiger partial charge is 0.317 e. The lowest BCUT2D eigenvalue weighted by atomic mass is 10.1. The molecule has 0 radical (unpaired) electrons. The zero-order valence-electron chi connectivity index (χ0n) is 6.35. The van der Waals surface area contributed by atoms with Gasteiger partial charge in [-0.2, -0.15) is 0 Å². The highest BCUT2D eigenvalue weighted by Gasteiger charge is 2.02. The molecule has 0 aliphatic carbocycles. The Labute approximate surface area is 75.6 Å². The van der Waals surface area contributed by atoms with E-state index in [1.54, 1.807) is 6.07 Å². The zero-order chi connectivity index (χ0) is 8.97. The molecule has 0 aliphatic heterocycles. The third-order valence-electron chi connectivity index (χ3n) is 1.51. The normalized spacial score (nSPS) is 9.42. The van der Waals surface area contributed by atoms with Gasteiger partial charge in [0, 0.05) is 11.4 Å². The highest BCUT2D eigenvalue weighted by Crippen LogP contribution is 2.17. The minimum atomic E-state index is -0.341. The molecule has 0 saturated heterocycles. The fraction of sp³-hybridized carbons (Fsp3) is 0.222. The van der Waals surface area contributed by atoms with Crippen molar-refractivity contribution in [2.45, 2.75) is 6.42 Å². The standard InChI is InChI=1S/C9H7ClFN/c1-12-5-4-7-2-3-8(11)6-9(7)10/h2-3,6H,4-5H2. The van der Waals surface area contributed by atoms with Crippen LogP contribution in [0, 0.1) is 12.4 Å². The topological polar surface area (TPSA) is 4.36 Å². The summed E-state index contributed by atoms with van der Waals surface area (Å²) in [5.41, 5.74) is 0.828. The van der Waals surface area contributed by atoms with Gasteiger partial charge in [-0.1, -0.05) is 17.7 Å². The average Bonchev–Trinajstić information content (AvgIpc) is 2.03. The molecule has 0 N–H and O–H groups in total. The molecule has 12 heavy (non-hydrogen) atoms. The van der Waals surface area contributed by atoms with Crippen LogP contribution in [0.15, 0.2) is 18.2 Å². The van der Waals surface area contributed by atoms with Crippen LogP contribution in [0.5, 0.6) is 0 Å². The summed E-state index contributed by atoms with van der Waals surface area (Å²) in [6.07, 6.45) is 0.586. The molecule has 0 aromatic heterocycles. The van der Waals surface area contributed by atoms with Crippen LogP contribution in [0.25, 0.3) is 4.85 Å². The number of hydrogen-bond donors (Lipinski definition) is 0. The Morgan fingerprint density at radius 3 is 2.83 bits per heavy atom. The van der Waals surface area contributed by atoms with Crippen molar-refractivity contribution in [3.05, 3.63) is 46.0 Å². The SMILES string of the molecule is [C-]#[N+]CCc1ccc(F)cc1Cl. The molecule has 0 bridgehead atoms. The molecule has 0 amide bonds. The summed E-state index contributed by atoms with van der Waals surface area (Å²) in [4.78, 5) is 3.19. The van der Waals surface area contributed by atoms with Crippen molar-refractivity contribution in [2.75, 3.05) is 6.54 Å². The first-order valence-electron chi connectivity index (χ1n) is 3.51. The van der Waals surface area contributed by atoms with Crippen molar-refractivity contribution in [3.63, 3.8) is 0 Å². The number of halogens is 2. The summed E-state index contributed by atoms with van der Waals surface area (Å²) in [6.45, 7) is 6.97. The summed E-state index contributed by atoms with van der Waals surface area (Å²) in [7, 11) is 0. The second kappa shape index (κ2) is 4.08. The molecule has 0 saturated carbocycles. The van der Waals surface area contributed by atoms with E-state index in [0.717, 1.165) is 5.56 Å². The lowest BCUT2D eigenvalue weighted by Gasteiger charge is -1.98. The first-order valence-corrected chi connectivity index (χ1v) is 3.89. The molecule has 0 spiro atoms. The number of benzene rings is 1. The van der Waals surface area contributed by atoms with Gasteiger partial charge >= 0.3 is 0 Å². The molecule has 0 atom stereocenters. The van der Waals surface area contributed by atoms with Gasteiger partial charge < -0.3 is 4.85 Å². The Balaban J connectivity index is 2.81. The van der Waals surface area contributed by atoms with Gasteiger partial charge in [0.25, 0.3) is 0 Å². The van der Waals surface area contributed by atoms with Crippen molar-refractivity contribution in [3.8, 4) is 0 Å². The fourth-order valence-electron chi connectivity index (χ4n) is 0.901. The van der Waals surface area contributed by atoms with E-state index in [9.17, 15) is 4.39 Å². The van der Waals surface area contributed by atoms with E-state index < -0.39 is 0 Å². The maximum absolute atomic E-state index is 12.5. The minimum Gasteiger partial charge on any atom is -0.317 e. The quantitative estimate of drug-likeness (QED) is 0.621. The molecule has 0 aliphatic rings. The molecule has 3 heteroatoms. The Morgan fingerprint density at radius 2 is 2.25 bits per heavy atom. The van der Waals surface area contributed by atoms with Crippen LogP contribution in [0.4, 0.5) is 4.39 Å². The average molecular weight is 184 g/mol.